The third-order valence-corrected chi connectivity index (χ3v) is 5.27. The summed E-state index contributed by atoms with van der Waals surface area (Å²) in [4.78, 5) is 8.52. The van der Waals surface area contributed by atoms with Crippen LogP contribution in [0.15, 0.2) is 33.0 Å². The molecule has 0 aromatic carbocycles. The number of hydrogen-bond acceptors (Lipinski definition) is 3. The Balaban J connectivity index is 1.91. The summed E-state index contributed by atoms with van der Waals surface area (Å²) in [7, 11) is 0. The lowest BCUT2D eigenvalue weighted by molar-refractivity contribution is 0.825. The largest absolute Gasteiger partial charge is 0.357 e. The molecule has 0 spiro atoms. The number of thiophene rings is 2. The number of aliphatic imine (C=N–C) groups is 1. The molecule has 0 radical (unpaired) electrons. The summed E-state index contributed by atoms with van der Waals surface area (Å²) in [5.41, 5.74) is 0. The highest BCUT2D eigenvalue weighted by molar-refractivity contribution is 9.10. The molecule has 2 aromatic heterocycles. The van der Waals surface area contributed by atoms with Crippen molar-refractivity contribution < 1.29 is 0 Å². The molecule has 0 saturated heterocycles. The van der Waals surface area contributed by atoms with E-state index in [2.05, 4.69) is 69.0 Å². The second kappa shape index (κ2) is 7.81. The molecule has 0 saturated carbocycles. The van der Waals surface area contributed by atoms with Crippen LogP contribution in [0.5, 0.6) is 0 Å². The van der Waals surface area contributed by atoms with Crippen LogP contribution in [0.3, 0.4) is 0 Å². The molecule has 2 aromatic rings. The SMILES string of the molecule is CCNC(=NCc1cc(Br)cs1)NCc1ccc(C)s1. The zero-order valence-corrected chi connectivity index (χ0v) is 14.8. The molecule has 0 atom stereocenters. The molecule has 3 nitrogen and oxygen atoms in total. The van der Waals surface area contributed by atoms with E-state index in [9.17, 15) is 0 Å². The molecule has 0 aliphatic rings. The van der Waals surface area contributed by atoms with E-state index >= 15 is 0 Å². The average Bonchev–Trinajstić information content (AvgIpc) is 3.02. The fourth-order valence-corrected chi connectivity index (χ4v) is 3.89. The highest BCUT2D eigenvalue weighted by Gasteiger charge is 2.01. The van der Waals surface area contributed by atoms with Crippen molar-refractivity contribution in [2.45, 2.75) is 26.9 Å². The predicted octanol–water partition coefficient (Wildman–Crippen LogP) is 4.14. The Bertz CT molecular complexity index is 574. The lowest BCUT2D eigenvalue weighted by atomic mass is 10.4. The van der Waals surface area contributed by atoms with Gasteiger partial charge in [0.1, 0.15) is 0 Å². The van der Waals surface area contributed by atoms with E-state index in [1.807, 2.05) is 11.3 Å². The highest BCUT2D eigenvalue weighted by atomic mass is 79.9. The van der Waals surface area contributed by atoms with E-state index in [1.54, 1.807) is 11.3 Å². The third kappa shape index (κ3) is 4.92. The monoisotopic (exact) mass is 371 g/mol. The standard InChI is InChI=1S/C14H18BrN3S2/c1-3-16-14(17-7-12-5-4-10(2)20-12)18-8-13-6-11(15)9-19-13/h4-6,9H,3,7-8H2,1-2H3,(H2,16,17,18). The van der Waals surface area contributed by atoms with Gasteiger partial charge in [-0.2, -0.15) is 0 Å². The fraction of sp³-hybridized carbons (Fsp3) is 0.357. The zero-order chi connectivity index (χ0) is 14.4. The van der Waals surface area contributed by atoms with Crippen molar-refractivity contribution in [3.8, 4) is 0 Å². The van der Waals surface area contributed by atoms with Gasteiger partial charge in [0.2, 0.25) is 0 Å². The van der Waals surface area contributed by atoms with Gasteiger partial charge in [0.15, 0.2) is 5.96 Å². The van der Waals surface area contributed by atoms with Gasteiger partial charge in [-0.05, 0) is 48.0 Å². The summed E-state index contributed by atoms with van der Waals surface area (Å²) in [6.07, 6.45) is 0. The number of nitrogens with zero attached hydrogens (tertiary/aromatic N) is 1. The van der Waals surface area contributed by atoms with Crippen molar-refractivity contribution in [2.24, 2.45) is 4.99 Å². The molecule has 2 rings (SSSR count). The molecule has 0 aliphatic carbocycles. The second-order valence-corrected chi connectivity index (χ2v) is 7.58. The summed E-state index contributed by atoms with van der Waals surface area (Å²) >= 11 is 7.00. The summed E-state index contributed by atoms with van der Waals surface area (Å²) in [6.45, 7) is 6.59. The molecule has 0 amide bonds. The molecule has 0 bridgehead atoms. The van der Waals surface area contributed by atoms with Gasteiger partial charge in [-0.15, -0.1) is 22.7 Å². The molecular weight excluding hydrogens is 354 g/mol. The first-order chi connectivity index (χ1) is 9.67. The minimum absolute atomic E-state index is 0.703. The van der Waals surface area contributed by atoms with Crippen molar-refractivity contribution in [2.75, 3.05) is 6.54 Å². The zero-order valence-electron chi connectivity index (χ0n) is 11.6. The third-order valence-electron chi connectivity index (χ3n) is 2.59. The average molecular weight is 372 g/mol. The molecule has 0 aliphatic heterocycles. The van der Waals surface area contributed by atoms with Crippen molar-refractivity contribution >= 4 is 44.6 Å². The first-order valence-corrected chi connectivity index (χ1v) is 8.96. The summed E-state index contributed by atoms with van der Waals surface area (Å²) < 4.78 is 1.12. The van der Waals surface area contributed by atoms with Gasteiger partial charge in [0.25, 0.3) is 0 Å². The minimum Gasteiger partial charge on any atom is -0.357 e. The van der Waals surface area contributed by atoms with Crippen LogP contribution in [0, 0.1) is 6.92 Å². The van der Waals surface area contributed by atoms with E-state index in [1.165, 1.54) is 14.6 Å². The smallest absolute Gasteiger partial charge is 0.191 e. The van der Waals surface area contributed by atoms with E-state index in [4.69, 9.17) is 0 Å². The van der Waals surface area contributed by atoms with Crippen molar-refractivity contribution in [3.63, 3.8) is 0 Å². The van der Waals surface area contributed by atoms with Crippen LogP contribution in [-0.2, 0) is 13.1 Å². The van der Waals surface area contributed by atoms with E-state index in [0.29, 0.717) is 6.54 Å². The Morgan fingerprint density at radius 1 is 1.30 bits per heavy atom. The summed E-state index contributed by atoms with van der Waals surface area (Å²) in [5, 5.41) is 8.73. The van der Waals surface area contributed by atoms with E-state index < -0.39 is 0 Å². The Hall–Kier alpha value is -0.850. The van der Waals surface area contributed by atoms with Gasteiger partial charge in [-0.3, -0.25) is 0 Å². The normalized spacial score (nSPS) is 11.7. The summed E-state index contributed by atoms with van der Waals surface area (Å²) in [5.74, 6) is 0.864. The van der Waals surface area contributed by atoms with Crippen LogP contribution in [0.4, 0.5) is 0 Å². The van der Waals surface area contributed by atoms with Crippen molar-refractivity contribution in [3.05, 3.63) is 42.7 Å². The first kappa shape index (κ1) is 15.5. The van der Waals surface area contributed by atoms with E-state index in [0.717, 1.165) is 23.5 Å². The molecule has 0 unspecified atom stereocenters. The minimum atomic E-state index is 0.703. The Morgan fingerprint density at radius 3 is 2.75 bits per heavy atom. The Kier molecular flexibility index (Phi) is 6.06. The molecule has 20 heavy (non-hydrogen) atoms. The van der Waals surface area contributed by atoms with Crippen LogP contribution in [0.1, 0.15) is 21.6 Å². The molecular formula is C14H18BrN3S2. The highest BCUT2D eigenvalue weighted by Crippen LogP contribution is 2.20. The topological polar surface area (TPSA) is 36.4 Å². The lowest BCUT2D eigenvalue weighted by Gasteiger charge is -2.10. The number of rotatable bonds is 5. The van der Waals surface area contributed by atoms with E-state index in [-0.39, 0.29) is 0 Å². The van der Waals surface area contributed by atoms with Crippen LogP contribution in [0.25, 0.3) is 0 Å². The van der Waals surface area contributed by atoms with Gasteiger partial charge in [-0.1, -0.05) is 0 Å². The quantitative estimate of drug-likeness (QED) is 0.612. The molecule has 108 valence electrons. The van der Waals surface area contributed by atoms with Gasteiger partial charge in [0, 0.05) is 31.0 Å². The van der Waals surface area contributed by atoms with Crippen LogP contribution in [-0.4, -0.2) is 12.5 Å². The molecule has 2 heterocycles. The Labute approximate surface area is 136 Å². The number of aryl methyl sites for hydroxylation is 1. The number of halogens is 1. The lowest BCUT2D eigenvalue weighted by Crippen LogP contribution is -2.36. The number of hydrogen-bond donors (Lipinski definition) is 2. The molecule has 0 fully saturated rings. The first-order valence-electron chi connectivity index (χ1n) is 6.47. The van der Waals surface area contributed by atoms with Crippen LogP contribution >= 0.6 is 38.6 Å². The summed E-state index contributed by atoms with van der Waals surface area (Å²) in [6, 6.07) is 6.42. The van der Waals surface area contributed by atoms with Crippen molar-refractivity contribution in [1.82, 2.24) is 10.6 Å². The second-order valence-electron chi connectivity index (χ2n) is 4.29. The van der Waals surface area contributed by atoms with Gasteiger partial charge < -0.3 is 10.6 Å². The number of nitrogens with one attached hydrogen (secondary N) is 2. The predicted molar refractivity (Wildman–Crippen MR) is 92.7 cm³/mol. The van der Waals surface area contributed by atoms with Gasteiger partial charge >= 0.3 is 0 Å². The number of guanidine groups is 1. The Morgan fingerprint density at radius 2 is 2.15 bits per heavy atom. The van der Waals surface area contributed by atoms with Crippen molar-refractivity contribution in [1.29, 1.82) is 0 Å². The maximum atomic E-state index is 4.61. The van der Waals surface area contributed by atoms with Crippen LogP contribution < -0.4 is 10.6 Å². The van der Waals surface area contributed by atoms with Gasteiger partial charge in [0.05, 0.1) is 13.1 Å². The fourth-order valence-electron chi connectivity index (χ4n) is 1.69. The van der Waals surface area contributed by atoms with Crippen LogP contribution in [0.2, 0.25) is 0 Å². The molecule has 6 heteroatoms. The maximum absolute atomic E-state index is 4.61. The molecule has 2 N–H and O–H groups in total. The maximum Gasteiger partial charge on any atom is 0.191 e. The van der Waals surface area contributed by atoms with Gasteiger partial charge in [-0.25, -0.2) is 4.99 Å².